The fraction of sp³-hybridized carbons (Fsp3) is 0.300. The second-order valence-electron chi connectivity index (χ2n) is 6.69. The zero-order valence-electron chi connectivity index (χ0n) is 15.6. The number of amides is 1. The van der Waals surface area contributed by atoms with Gasteiger partial charge in [0.05, 0.1) is 11.5 Å². The van der Waals surface area contributed by atoms with Crippen molar-refractivity contribution in [2.75, 3.05) is 42.9 Å². The van der Waals surface area contributed by atoms with Crippen LogP contribution in [0.25, 0.3) is 0 Å². The molecule has 2 aromatic rings. The van der Waals surface area contributed by atoms with Gasteiger partial charge in [-0.15, -0.1) is 0 Å². The minimum Gasteiger partial charge on any atom is -0.363 e. The van der Waals surface area contributed by atoms with E-state index in [4.69, 9.17) is 0 Å². The van der Waals surface area contributed by atoms with Crippen molar-refractivity contribution in [1.82, 2.24) is 4.90 Å². The average Bonchev–Trinajstić information content (AvgIpc) is 2.68. The number of carbonyl (C=O) groups excluding carboxylic acids is 2. The van der Waals surface area contributed by atoms with Gasteiger partial charge in [0.1, 0.15) is 5.69 Å². The van der Waals surface area contributed by atoms with Crippen molar-refractivity contribution in [3.63, 3.8) is 0 Å². The van der Waals surface area contributed by atoms with Gasteiger partial charge in [-0.3, -0.25) is 24.6 Å². The van der Waals surface area contributed by atoms with E-state index >= 15 is 0 Å². The van der Waals surface area contributed by atoms with Gasteiger partial charge in [-0.1, -0.05) is 18.2 Å². The highest BCUT2D eigenvalue weighted by Gasteiger charge is 2.25. The van der Waals surface area contributed by atoms with E-state index < -0.39 is 4.92 Å². The summed E-state index contributed by atoms with van der Waals surface area (Å²) >= 11 is 0. The summed E-state index contributed by atoms with van der Waals surface area (Å²) in [6.45, 7) is 4.03. The Morgan fingerprint density at radius 1 is 1.07 bits per heavy atom. The average molecular weight is 382 g/mol. The van der Waals surface area contributed by atoms with Crippen molar-refractivity contribution in [1.29, 1.82) is 0 Å². The molecule has 0 bridgehead atoms. The Morgan fingerprint density at radius 3 is 2.36 bits per heavy atom. The van der Waals surface area contributed by atoms with Gasteiger partial charge >= 0.3 is 0 Å². The molecular formula is C20H22N4O4. The van der Waals surface area contributed by atoms with Crippen LogP contribution in [0.1, 0.15) is 17.3 Å². The third-order valence-corrected chi connectivity index (χ3v) is 4.72. The maximum absolute atomic E-state index is 12.2. The lowest BCUT2D eigenvalue weighted by molar-refractivity contribution is -0.384. The van der Waals surface area contributed by atoms with Crippen LogP contribution in [0.5, 0.6) is 0 Å². The SMILES string of the molecule is CC(=O)c1ccc(N2CCN(CC(=O)Nc3ccccc3)CC2)c([N+](=O)[O-])c1. The van der Waals surface area contributed by atoms with Crippen molar-refractivity contribution in [3.05, 3.63) is 64.2 Å². The molecule has 1 heterocycles. The Bertz CT molecular complexity index is 877. The number of ketones is 1. The fourth-order valence-corrected chi connectivity index (χ4v) is 3.23. The number of para-hydroxylation sites is 1. The molecule has 0 unspecified atom stereocenters. The lowest BCUT2D eigenvalue weighted by Gasteiger charge is -2.35. The standard InChI is InChI=1S/C20H22N4O4/c1-15(25)16-7-8-18(19(13-16)24(27)28)23-11-9-22(10-12-23)14-20(26)21-17-5-3-2-4-6-17/h2-8,13H,9-12,14H2,1H3,(H,21,26). The second kappa shape index (κ2) is 8.62. The predicted octanol–water partition coefficient (Wildman–Crippen LogP) is 2.56. The molecule has 1 aliphatic heterocycles. The Balaban J connectivity index is 1.60. The minimum absolute atomic E-state index is 0.0667. The summed E-state index contributed by atoms with van der Waals surface area (Å²) in [6.07, 6.45) is 0. The van der Waals surface area contributed by atoms with Crippen molar-refractivity contribution in [2.45, 2.75) is 6.92 Å². The number of carbonyl (C=O) groups is 2. The maximum Gasteiger partial charge on any atom is 0.293 e. The number of nitro groups is 1. The van der Waals surface area contributed by atoms with Gasteiger partial charge in [0.2, 0.25) is 5.91 Å². The van der Waals surface area contributed by atoms with E-state index in [9.17, 15) is 19.7 Å². The van der Waals surface area contributed by atoms with Gasteiger partial charge in [-0.2, -0.15) is 0 Å². The van der Waals surface area contributed by atoms with Gasteiger partial charge < -0.3 is 10.2 Å². The highest BCUT2D eigenvalue weighted by molar-refractivity contribution is 5.95. The van der Waals surface area contributed by atoms with E-state index in [0.717, 1.165) is 5.69 Å². The molecule has 1 saturated heterocycles. The second-order valence-corrected chi connectivity index (χ2v) is 6.69. The van der Waals surface area contributed by atoms with Crippen LogP contribution < -0.4 is 10.2 Å². The molecular weight excluding hydrogens is 360 g/mol. The van der Waals surface area contributed by atoms with Gasteiger partial charge in [0.25, 0.3) is 5.69 Å². The monoisotopic (exact) mass is 382 g/mol. The molecule has 8 nitrogen and oxygen atoms in total. The van der Waals surface area contributed by atoms with Gasteiger partial charge in [-0.05, 0) is 31.2 Å². The summed E-state index contributed by atoms with van der Waals surface area (Å²) in [5, 5.41) is 14.3. The number of benzene rings is 2. The summed E-state index contributed by atoms with van der Waals surface area (Å²) < 4.78 is 0. The van der Waals surface area contributed by atoms with E-state index in [2.05, 4.69) is 5.32 Å². The first-order valence-corrected chi connectivity index (χ1v) is 9.05. The van der Waals surface area contributed by atoms with Gasteiger partial charge in [0.15, 0.2) is 5.78 Å². The number of anilines is 2. The van der Waals surface area contributed by atoms with Crippen molar-refractivity contribution in [2.24, 2.45) is 0 Å². The first-order valence-electron chi connectivity index (χ1n) is 9.05. The summed E-state index contributed by atoms with van der Waals surface area (Å²) in [6, 6.07) is 13.8. The third kappa shape index (κ3) is 4.72. The molecule has 1 aliphatic rings. The molecule has 0 aromatic heterocycles. The molecule has 0 aliphatic carbocycles. The lowest BCUT2D eigenvalue weighted by atomic mass is 10.1. The molecule has 8 heteroatoms. The number of nitrogens with one attached hydrogen (secondary N) is 1. The smallest absolute Gasteiger partial charge is 0.293 e. The van der Waals surface area contributed by atoms with Crippen LogP contribution in [-0.4, -0.2) is 54.2 Å². The van der Waals surface area contributed by atoms with E-state index in [-0.39, 0.29) is 23.9 Å². The van der Waals surface area contributed by atoms with E-state index in [1.165, 1.54) is 13.0 Å². The normalized spacial score (nSPS) is 14.5. The number of Topliss-reactive ketones (excluding diaryl/α,β-unsaturated/α-hetero) is 1. The van der Waals surface area contributed by atoms with Crippen molar-refractivity contribution >= 4 is 28.8 Å². The summed E-state index contributed by atoms with van der Waals surface area (Å²) in [5.41, 5.74) is 1.52. The number of hydrogen-bond acceptors (Lipinski definition) is 6. The number of piperazine rings is 1. The molecule has 0 spiro atoms. The molecule has 0 atom stereocenters. The predicted molar refractivity (Wildman–Crippen MR) is 107 cm³/mol. The summed E-state index contributed by atoms with van der Waals surface area (Å²) in [5.74, 6) is -0.291. The highest BCUT2D eigenvalue weighted by Crippen LogP contribution is 2.30. The molecule has 2 aromatic carbocycles. The lowest BCUT2D eigenvalue weighted by Crippen LogP contribution is -2.48. The molecule has 1 N–H and O–H groups in total. The van der Waals surface area contributed by atoms with Crippen LogP contribution in [-0.2, 0) is 4.79 Å². The number of nitrogens with zero attached hydrogens (tertiary/aromatic N) is 3. The zero-order valence-corrected chi connectivity index (χ0v) is 15.6. The van der Waals surface area contributed by atoms with E-state index in [1.807, 2.05) is 40.1 Å². The third-order valence-electron chi connectivity index (χ3n) is 4.72. The number of nitro benzene ring substituents is 1. The molecule has 1 fully saturated rings. The quantitative estimate of drug-likeness (QED) is 0.469. The van der Waals surface area contributed by atoms with Gasteiger partial charge in [-0.25, -0.2) is 0 Å². The van der Waals surface area contributed by atoms with Crippen LogP contribution in [0.4, 0.5) is 17.1 Å². The fourth-order valence-electron chi connectivity index (χ4n) is 3.23. The van der Waals surface area contributed by atoms with Gasteiger partial charge in [0, 0.05) is 43.5 Å². The van der Waals surface area contributed by atoms with Crippen molar-refractivity contribution < 1.29 is 14.5 Å². The van der Waals surface area contributed by atoms with E-state index in [1.54, 1.807) is 12.1 Å². The van der Waals surface area contributed by atoms with Crippen LogP contribution in [0.3, 0.4) is 0 Å². The zero-order chi connectivity index (χ0) is 20.1. The molecule has 0 saturated carbocycles. The Labute approximate surface area is 162 Å². The largest absolute Gasteiger partial charge is 0.363 e. The van der Waals surface area contributed by atoms with Crippen LogP contribution in [0, 0.1) is 10.1 Å². The summed E-state index contributed by atoms with van der Waals surface area (Å²) in [4.78, 5) is 38.6. The molecule has 146 valence electrons. The Morgan fingerprint density at radius 2 is 1.75 bits per heavy atom. The topological polar surface area (TPSA) is 95.8 Å². The molecule has 1 amide bonds. The van der Waals surface area contributed by atoms with Crippen LogP contribution in [0.15, 0.2) is 48.5 Å². The molecule has 3 rings (SSSR count). The minimum atomic E-state index is -0.457. The van der Waals surface area contributed by atoms with E-state index in [0.29, 0.717) is 37.4 Å². The highest BCUT2D eigenvalue weighted by atomic mass is 16.6. The first kappa shape index (κ1) is 19.5. The Hall–Kier alpha value is -3.26. The number of rotatable bonds is 6. The Kier molecular flexibility index (Phi) is 6.00. The number of hydrogen-bond donors (Lipinski definition) is 1. The van der Waals surface area contributed by atoms with Crippen LogP contribution >= 0.6 is 0 Å². The summed E-state index contributed by atoms with van der Waals surface area (Å²) in [7, 11) is 0. The maximum atomic E-state index is 12.2. The first-order chi connectivity index (χ1) is 13.4. The van der Waals surface area contributed by atoms with Crippen LogP contribution in [0.2, 0.25) is 0 Å². The molecule has 28 heavy (non-hydrogen) atoms. The molecule has 0 radical (unpaired) electrons. The van der Waals surface area contributed by atoms with Crippen molar-refractivity contribution in [3.8, 4) is 0 Å².